The van der Waals surface area contributed by atoms with E-state index in [0.29, 0.717) is 23.8 Å². The Hall–Kier alpha value is -2.58. The van der Waals surface area contributed by atoms with Crippen molar-refractivity contribution in [3.05, 3.63) is 53.9 Å². The van der Waals surface area contributed by atoms with Crippen molar-refractivity contribution < 1.29 is 9.00 Å². The van der Waals surface area contributed by atoms with E-state index in [1.54, 1.807) is 12.3 Å². The van der Waals surface area contributed by atoms with Gasteiger partial charge in [0.15, 0.2) is 5.65 Å². The SMILES string of the molecule is CC(C)N1CCC(S(=O)c2ccc(CNC(=O)c3cnc4[nH]ncc4c3)cc2)CC1. The second kappa shape index (κ2) is 9.06. The lowest BCUT2D eigenvalue weighted by molar-refractivity contribution is 0.0950. The largest absolute Gasteiger partial charge is 0.348 e. The highest BCUT2D eigenvalue weighted by molar-refractivity contribution is 7.85. The van der Waals surface area contributed by atoms with Gasteiger partial charge in [-0.1, -0.05) is 12.1 Å². The predicted molar refractivity (Wildman–Crippen MR) is 118 cm³/mol. The van der Waals surface area contributed by atoms with Gasteiger partial charge < -0.3 is 10.2 Å². The van der Waals surface area contributed by atoms with Crippen LogP contribution in [0.4, 0.5) is 0 Å². The monoisotopic (exact) mass is 425 g/mol. The van der Waals surface area contributed by atoms with Gasteiger partial charge in [0.25, 0.3) is 5.91 Å². The second-order valence-electron chi connectivity index (χ2n) is 7.98. The fraction of sp³-hybridized carbons (Fsp3) is 0.409. The number of hydrogen-bond acceptors (Lipinski definition) is 5. The van der Waals surface area contributed by atoms with E-state index in [4.69, 9.17) is 0 Å². The maximum atomic E-state index is 12.9. The molecule has 2 N–H and O–H groups in total. The Bertz CT molecular complexity index is 1040. The van der Waals surface area contributed by atoms with Crippen LogP contribution in [0, 0.1) is 0 Å². The molecule has 1 aliphatic heterocycles. The van der Waals surface area contributed by atoms with Crippen LogP contribution in [0.25, 0.3) is 11.0 Å². The molecule has 1 atom stereocenters. The van der Waals surface area contributed by atoms with Crippen molar-refractivity contribution in [3.63, 3.8) is 0 Å². The van der Waals surface area contributed by atoms with Crippen molar-refractivity contribution in [2.24, 2.45) is 0 Å². The van der Waals surface area contributed by atoms with Gasteiger partial charge in [0.2, 0.25) is 0 Å². The molecule has 3 aromatic rings. The van der Waals surface area contributed by atoms with Gasteiger partial charge in [0, 0.05) is 34.3 Å². The normalized spacial score (nSPS) is 16.8. The maximum Gasteiger partial charge on any atom is 0.253 e. The molecule has 3 heterocycles. The molecule has 0 radical (unpaired) electrons. The predicted octanol–water partition coefficient (Wildman–Crippen LogP) is 2.87. The molecule has 30 heavy (non-hydrogen) atoms. The molecule has 1 aliphatic rings. The molecule has 0 bridgehead atoms. The van der Waals surface area contributed by atoms with Crippen LogP contribution in [0.2, 0.25) is 0 Å². The number of benzene rings is 1. The molecule has 1 amide bonds. The van der Waals surface area contributed by atoms with Crippen molar-refractivity contribution in [1.82, 2.24) is 25.4 Å². The van der Waals surface area contributed by atoms with Gasteiger partial charge in [-0.05, 0) is 63.5 Å². The van der Waals surface area contributed by atoms with Crippen LogP contribution in [0.3, 0.4) is 0 Å². The minimum Gasteiger partial charge on any atom is -0.348 e. The van der Waals surface area contributed by atoms with Gasteiger partial charge >= 0.3 is 0 Å². The van der Waals surface area contributed by atoms with E-state index in [1.807, 2.05) is 24.3 Å². The Morgan fingerprint density at radius 1 is 1.23 bits per heavy atom. The lowest BCUT2D eigenvalue weighted by Crippen LogP contribution is -2.41. The summed E-state index contributed by atoms with van der Waals surface area (Å²) in [6, 6.07) is 10.0. The van der Waals surface area contributed by atoms with Crippen LogP contribution in [-0.2, 0) is 17.3 Å². The van der Waals surface area contributed by atoms with E-state index in [1.165, 1.54) is 6.20 Å². The smallest absolute Gasteiger partial charge is 0.253 e. The number of piperidine rings is 1. The second-order valence-corrected chi connectivity index (χ2v) is 9.72. The van der Waals surface area contributed by atoms with E-state index in [2.05, 4.69) is 39.2 Å². The third-order valence-corrected chi connectivity index (χ3v) is 7.49. The first kappa shape index (κ1) is 20.7. The van der Waals surface area contributed by atoms with Gasteiger partial charge in [-0.25, -0.2) is 4.98 Å². The van der Waals surface area contributed by atoms with Crippen molar-refractivity contribution >= 4 is 27.7 Å². The van der Waals surface area contributed by atoms with Crippen LogP contribution in [-0.4, -0.2) is 54.6 Å². The lowest BCUT2D eigenvalue weighted by atomic mass is 10.1. The average molecular weight is 426 g/mol. The molecule has 158 valence electrons. The van der Waals surface area contributed by atoms with E-state index < -0.39 is 10.8 Å². The Balaban J connectivity index is 1.32. The summed E-state index contributed by atoms with van der Waals surface area (Å²) >= 11 is 0. The Kier molecular flexibility index (Phi) is 6.24. The number of rotatable bonds is 6. The average Bonchev–Trinajstić information content (AvgIpc) is 3.25. The number of carbonyl (C=O) groups is 1. The number of fused-ring (bicyclic) bond motifs is 1. The molecule has 1 fully saturated rings. The van der Waals surface area contributed by atoms with Crippen molar-refractivity contribution in [1.29, 1.82) is 0 Å². The summed E-state index contributed by atoms with van der Waals surface area (Å²) in [6.07, 6.45) is 5.12. The third-order valence-electron chi connectivity index (χ3n) is 5.67. The number of likely N-dealkylation sites (tertiary alicyclic amines) is 1. The Labute approximate surface area is 178 Å². The number of amides is 1. The van der Waals surface area contributed by atoms with E-state index in [9.17, 15) is 9.00 Å². The Morgan fingerprint density at radius 2 is 1.97 bits per heavy atom. The molecule has 0 saturated carbocycles. The summed E-state index contributed by atoms with van der Waals surface area (Å²) in [5, 5.41) is 10.6. The lowest BCUT2D eigenvalue weighted by Gasteiger charge is -2.34. The molecule has 1 aromatic carbocycles. The van der Waals surface area contributed by atoms with Gasteiger partial charge in [0.1, 0.15) is 0 Å². The minimum atomic E-state index is -0.989. The highest BCUT2D eigenvalue weighted by Gasteiger charge is 2.25. The highest BCUT2D eigenvalue weighted by atomic mass is 32.2. The number of nitrogens with zero attached hydrogens (tertiary/aromatic N) is 3. The number of aromatic nitrogens is 3. The summed E-state index contributed by atoms with van der Waals surface area (Å²) in [7, 11) is -0.989. The highest BCUT2D eigenvalue weighted by Crippen LogP contribution is 2.22. The van der Waals surface area contributed by atoms with E-state index in [-0.39, 0.29) is 11.2 Å². The number of carbonyl (C=O) groups excluding carboxylic acids is 1. The van der Waals surface area contributed by atoms with E-state index >= 15 is 0 Å². The zero-order valence-corrected chi connectivity index (χ0v) is 18.1. The van der Waals surface area contributed by atoms with Gasteiger partial charge in [-0.3, -0.25) is 14.1 Å². The van der Waals surface area contributed by atoms with Crippen molar-refractivity contribution in [2.45, 2.75) is 49.4 Å². The van der Waals surface area contributed by atoms with Gasteiger partial charge in [-0.2, -0.15) is 5.10 Å². The summed E-state index contributed by atoms with van der Waals surface area (Å²) in [4.78, 5) is 19.9. The minimum absolute atomic E-state index is 0.185. The topological polar surface area (TPSA) is 91.0 Å². The summed E-state index contributed by atoms with van der Waals surface area (Å²) in [6.45, 7) is 6.85. The number of nitrogens with one attached hydrogen (secondary N) is 2. The number of H-pyrrole nitrogens is 1. The molecule has 0 spiro atoms. The molecule has 2 aromatic heterocycles. The fourth-order valence-electron chi connectivity index (χ4n) is 3.79. The number of pyridine rings is 1. The molecule has 8 heteroatoms. The van der Waals surface area contributed by atoms with Crippen LogP contribution >= 0.6 is 0 Å². The van der Waals surface area contributed by atoms with Crippen LogP contribution < -0.4 is 5.32 Å². The van der Waals surface area contributed by atoms with Crippen LogP contribution in [0.15, 0.2) is 47.6 Å². The third kappa shape index (κ3) is 4.60. The Morgan fingerprint density at radius 3 is 2.67 bits per heavy atom. The first-order valence-corrected chi connectivity index (χ1v) is 11.5. The standard InChI is InChI=1S/C22H27N5O2S/c1-15(2)27-9-7-20(8-10-27)30(29)19-5-3-16(4-6-19)12-24-22(28)18-11-17-14-25-26-21(17)23-13-18/h3-6,11,13-15,20H,7-10,12H2,1-2H3,(H,24,28)(H,23,25,26). The first-order chi connectivity index (χ1) is 14.5. The molecule has 4 rings (SSSR count). The van der Waals surface area contributed by atoms with Crippen molar-refractivity contribution in [2.75, 3.05) is 13.1 Å². The molecule has 0 aliphatic carbocycles. The zero-order chi connectivity index (χ0) is 21.1. The molecule has 7 nitrogen and oxygen atoms in total. The quantitative estimate of drug-likeness (QED) is 0.634. The summed E-state index contributed by atoms with van der Waals surface area (Å²) < 4.78 is 12.9. The summed E-state index contributed by atoms with van der Waals surface area (Å²) in [5.41, 5.74) is 2.12. The summed E-state index contributed by atoms with van der Waals surface area (Å²) in [5.74, 6) is -0.185. The van der Waals surface area contributed by atoms with Crippen LogP contribution in [0.1, 0.15) is 42.6 Å². The zero-order valence-electron chi connectivity index (χ0n) is 17.3. The number of hydrogen-bond donors (Lipinski definition) is 2. The van der Waals surface area contributed by atoms with Crippen LogP contribution in [0.5, 0.6) is 0 Å². The van der Waals surface area contributed by atoms with Gasteiger partial charge in [0.05, 0.1) is 22.6 Å². The van der Waals surface area contributed by atoms with E-state index in [0.717, 1.165) is 41.8 Å². The molecular weight excluding hydrogens is 398 g/mol. The van der Waals surface area contributed by atoms with Crippen molar-refractivity contribution in [3.8, 4) is 0 Å². The molecular formula is C22H27N5O2S. The fourth-order valence-corrected chi connectivity index (χ4v) is 5.21. The number of aromatic amines is 1. The molecule has 1 unspecified atom stereocenters. The maximum absolute atomic E-state index is 12.9. The molecule has 1 saturated heterocycles. The van der Waals surface area contributed by atoms with Gasteiger partial charge in [-0.15, -0.1) is 0 Å². The first-order valence-electron chi connectivity index (χ1n) is 10.3.